The highest BCUT2D eigenvalue weighted by molar-refractivity contribution is 7.33. The normalized spacial score (nSPS) is 14.2. The van der Waals surface area contributed by atoms with Gasteiger partial charge in [-0.15, -0.1) is 0 Å². The van der Waals surface area contributed by atoms with Gasteiger partial charge in [-0.2, -0.15) is 0 Å². The van der Waals surface area contributed by atoms with E-state index < -0.39 is 8.25 Å². The van der Waals surface area contributed by atoms with Crippen molar-refractivity contribution in [3.63, 3.8) is 0 Å². The summed E-state index contributed by atoms with van der Waals surface area (Å²) in [6.07, 6.45) is 11.7. The smallest absolute Gasteiger partial charge is 0.418 e. The summed E-state index contributed by atoms with van der Waals surface area (Å²) in [5.74, 6) is 1.62. The summed E-state index contributed by atoms with van der Waals surface area (Å²) in [6.45, 7) is 8.41. The molecule has 0 aromatic rings. The van der Waals surface area contributed by atoms with Crippen LogP contribution >= 0.6 is 8.25 Å². The van der Waals surface area contributed by atoms with E-state index in [2.05, 4.69) is 27.7 Å². The second-order valence-corrected chi connectivity index (χ2v) is 5.78. The number of unbranched alkanes of at least 4 members (excludes halogenated alkanes) is 2. The van der Waals surface area contributed by atoms with Crippen LogP contribution in [0.1, 0.15) is 79.1 Å². The van der Waals surface area contributed by atoms with Crippen molar-refractivity contribution in [2.75, 3.05) is 0 Å². The van der Waals surface area contributed by atoms with Gasteiger partial charge in [-0.3, -0.25) is 0 Å². The summed E-state index contributed by atoms with van der Waals surface area (Å²) in [6, 6.07) is 0. The monoisotopic (exact) mass is 302 g/mol. The Morgan fingerprint density at radius 3 is 1.50 bits per heavy atom. The van der Waals surface area contributed by atoms with Gasteiger partial charge in [-0.25, -0.2) is 4.57 Å². The van der Waals surface area contributed by atoms with E-state index in [1.807, 2.05) is 12.2 Å². The molecule has 0 aliphatic heterocycles. The average molecular weight is 302 g/mol. The summed E-state index contributed by atoms with van der Waals surface area (Å²) in [5.41, 5.74) is 0. The summed E-state index contributed by atoms with van der Waals surface area (Å²) >= 11 is 0. The molecule has 0 aliphatic rings. The first-order chi connectivity index (χ1) is 9.67. The van der Waals surface area contributed by atoms with Crippen LogP contribution in [0.5, 0.6) is 0 Å². The van der Waals surface area contributed by atoms with Gasteiger partial charge in [0.15, 0.2) is 0 Å². The molecular formula is C16H31O3P. The van der Waals surface area contributed by atoms with Gasteiger partial charge in [0.1, 0.15) is 11.5 Å². The maximum absolute atomic E-state index is 12.0. The second-order valence-electron chi connectivity index (χ2n) is 4.87. The SMILES string of the molecule is CCCC=C(CCC)O[PH](=O)OC(=CCCC)CCC. The van der Waals surface area contributed by atoms with Crippen molar-refractivity contribution >= 4 is 8.25 Å². The minimum atomic E-state index is -2.48. The van der Waals surface area contributed by atoms with Crippen LogP contribution in [0, 0.1) is 0 Å². The molecule has 0 heterocycles. The number of rotatable bonds is 12. The summed E-state index contributed by atoms with van der Waals surface area (Å²) < 4.78 is 23.0. The van der Waals surface area contributed by atoms with Crippen LogP contribution in [0.3, 0.4) is 0 Å². The van der Waals surface area contributed by atoms with E-state index in [0.29, 0.717) is 0 Å². The first kappa shape index (κ1) is 19.3. The average Bonchev–Trinajstić information content (AvgIpc) is 2.42. The van der Waals surface area contributed by atoms with Gasteiger partial charge < -0.3 is 9.05 Å². The first-order valence-electron chi connectivity index (χ1n) is 7.95. The van der Waals surface area contributed by atoms with Crippen LogP contribution in [-0.4, -0.2) is 0 Å². The van der Waals surface area contributed by atoms with Crippen molar-refractivity contribution < 1.29 is 13.6 Å². The van der Waals surface area contributed by atoms with Crippen molar-refractivity contribution in [2.24, 2.45) is 0 Å². The molecule has 0 spiro atoms. The van der Waals surface area contributed by atoms with E-state index in [-0.39, 0.29) is 0 Å². The van der Waals surface area contributed by atoms with E-state index in [0.717, 1.165) is 62.9 Å². The lowest BCUT2D eigenvalue weighted by Gasteiger charge is -2.13. The molecule has 0 aromatic heterocycles. The van der Waals surface area contributed by atoms with E-state index in [9.17, 15) is 4.57 Å². The fourth-order valence-corrected chi connectivity index (χ4v) is 2.57. The Morgan fingerprint density at radius 2 is 1.20 bits per heavy atom. The van der Waals surface area contributed by atoms with Crippen LogP contribution in [0.2, 0.25) is 0 Å². The molecule has 0 N–H and O–H groups in total. The lowest BCUT2D eigenvalue weighted by atomic mass is 10.2. The highest BCUT2D eigenvalue weighted by Gasteiger charge is 2.07. The van der Waals surface area contributed by atoms with Crippen LogP contribution in [0.25, 0.3) is 0 Å². The lowest BCUT2D eigenvalue weighted by molar-refractivity contribution is 0.298. The Kier molecular flexibility index (Phi) is 12.8. The molecule has 0 unspecified atom stereocenters. The van der Waals surface area contributed by atoms with Crippen LogP contribution in [-0.2, 0) is 13.6 Å². The molecule has 0 radical (unpaired) electrons. The van der Waals surface area contributed by atoms with Gasteiger partial charge in [0.05, 0.1) is 0 Å². The molecular weight excluding hydrogens is 271 g/mol. The largest absolute Gasteiger partial charge is 0.423 e. The molecule has 0 rings (SSSR count). The number of hydrogen-bond donors (Lipinski definition) is 0. The third kappa shape index (κ3) is 10.1. The Balaban J connectivity index is 4.47. The molecule has 0 bridgehead atoms. The molecule has 0 saturated heterocycles. The zero-order valence-corrected chi connectivity index (χ0v) is 14.5. The molecule has 0 fully saturated rings. The Labute approximate surface area is 125 Å². The van der Waals surface area contributed by atoms with Crippen molar-refractivity contribution in [3.05, 3.63) is 23.7 Å². The maximum atomic E-state index is 12.0. The van der Waals surface area contributed by atoms with E-state index in [1.54, 1.807) is 0 Å². The maximum Gasteiger partial charge on any atom is 0.418 e. The van der Waals surface area contributed by atoms with Crippen LogP contribution in [0.4, 0.5) is 0 Å². The third-order valence-corrected chi connectivity index (χ3v) is 3.60. The van der Waals surface area contributed by atoms with Gasteiger partial charge in [0.25, 0.3) is 0 Å². The van der Waals surface area contributed by atoms with E-state index >= 15 is 0 Å². The molecule has 0 amide bonds. The minimum Gasteiger partial charge on any atom is -0.423 e. The molecule has 3 nitrogen and oxygen atoms in total. The van der Waals surface area contributed by atoms with Gasteiger partial charge in [0.2, 0.25) is 0 Å². The fraction of sp³-hybridized carbons (Fsp3) is 0.750. The molecule has 20 heavy (non-hydrogen) atoms. The summed E-state index contributed by atoms with van der Waals surface area (Å²) in [4.78, 5) is 0. The molecule has 118 valence electrons. The molecule has 0 aliphatic carbocycles. The number of hydrogen-bond acceptors (Lipinski definition) is 3. The van der Waals surface area contributed by atoms with Gasteiger partial charge in [0, 0.05) is 12.8 Å². The minimum absolute atomic E-state index is 0.810. The third-order valence-electron chi connectivity index (χ3n) is 2.74. The predicted molar refractivity (Wildman–Crippen MR) is 87.0 cm³/mol. The van der Waals surface area contributed by atoms with Gasteiger partial charge >= 0.3 is 8.25 Å². The second kappa shape index (κ2) is 13.3. The van der Waals surface area contributed by atoms with Crippen molar-refractivity contribution in [1.29, 1.82) is 0 Å². The van der Waals surface area contributed by atoms with E-state index in [4.69, 9.17) is 9.05 Å². The molecule has 0 saturated carbocycles. The number of allylic oxidation sites excluding steroid dienone is 4. The van der Waals surface area contributed by atoms with Crippen molar-refractivity contribution in [3.8, 4) is 0 Å². The molecule has 0 atom stereocenters. The standard InChI is InChI=1S/C16H31O3P/c1-5-9-13-15(11-7-3)18-20(17)19-16(12-8-4)14-10-6-2/h13-14,20H,5-12H2,1-4H3. The van der Waals surface area contributed by atoms with E-state index in [1.165, 1.54) is 0 Å². The first-order valence-corrected chi connectivity index (χ1v) is 9.17. The highest BCUT2D eigenvalue weighted by Crippen LogP contribution is 2.34. The predicted octanol–water partition coefficient (Wildman–Crippen LogP) is 6.38. The highest BCUT2D eigenvalue weighted by atomic mass is 31.1. The fourth-order valence-electron chi connectivity index (χ4n) is 1.73. The van der Waals surface area contributed by atoms with Crippen LogP contribution < -0.4 is 0 Å². The summed E-state index contributed by atoms with van der Waals surface area (Å²) in [7, 11) is -2.48. The van der Waals surface area contributed by atoms with Gasteiger partial charge in [-0.1, -0.05) is 40.5 Å². The summed E-state index contributed by atoms with van der Waals surface area (Å²) in [5, 5.41) is 0. The quantitative estimate of drug-likeness (QED) is 0.310. The molecule has 0 aromatic carbocycles. The van der Waals surface area contributed by atoms with Crippen LogP contribution in [0.15, 0.2) is 23.7 Å². The Morgan fingerprint density at radius 1 is 0.800 bits per heavy atom. The molecule has 4 heteroatoms. The van der Waals surface area contributed by atoms with Gasteiger partial charge in [-0.05, 0) is 37.8 Å². The van der Waals surface area contributed by atoms with Crippen molar-refractivity contribution in [2.45, 2.75) is 79.1 Å². The van der Waals surface area contributed by atoms with Crippen molar-refractivity contribution in [1.82, 2.24) is 0 Å². The topological polar surface area (TPSA) is 35.5 Å². The lowest BCUT2D eigenvalue weighted by Crippen LogP contribution is -1.90. The Bertz CT molecular complexity index is 292. The zero-order chi connectivity index (χ0) is 15.2. The zero-order valence-electron chi connectivity index (χ0n) is 13.5. The Hall–Kier alpha value is -0.690.